The average molecular weight is 407 g/mol. The first kappa shape index (κ1) is 20.2. The van der Waals surface area contributed by atoms with E-state index in [1.807, 2.05) is 41.8 Å². The minimum Gasteiger partial charge on any atom is -0.299 e. The van der Waals surface area contributed by atoms with Crippen molar-refractivity contribution in [3.8, 4) is 0 Å². The van der Waals surface area contributed by atoms with Gasteiger partial charge in [-0.1, -0.05) is 30.3 Å². The molecule has 0 unspecified atom stereocenters. The van der Waals surface area contributed by atoms with Crippen molar-refractivity contribution in [3.63, 3.8) is 0 Å². The first-order chi connectivity index (χ1) is 12.9. The summed E-state index contributed by atoms with van der Waals surface area (Å²) in [7, 11) is -3.32. The minimum absolute atomic E-state index is 0.0208. The number of Topliss-reactive ketones (excluding diaryl/α,β-unsaturated/α-hetero) is 1. The molecule has 1 aliphatic rings. The first-order valence-corrected chi connectivity index (χ1v) is 11.8. The van der Waals surface area contributed by atoms with Crippen LogP contribution in [0.5, 0.6) is 0 Å². The van der Waals surface area contributed by atoms with Crippen molar-refractivity contribution < 1.29 is 13.2 Å². The highest BCUT2D eigenvalue weighted by Gasteiger charge is 2.22. The summed E-state index contributed by atoms with van der Waals surface area (Å²) in [5, 5.41) is 2.04. The summed E-state index contributed by atoms with van der Waals surface area (Å²) in [6.45, 7) is 4.77. The molecule has 3 rings (SSSR count). The van der Waals surface area contributed by atoms with Gasteiger partial charge in [0.2, 0.25) is 10.0 Å². The molecule has 0 bridgehead atoms. The van der Waals surface area contributed by atoms with E-state index >= 15 is 0 Å². The Morgan fingerprint density at radius 1 is 1.26 bits per heavy atom. The van der Waals surface area contributed by atoms with Gasteiger partial charge in [0.05, 0.1) is 10.6 Å². The van der Waals surface area contributed by atoms with E-state index in [-0.39, 0.29) is 11.5 Å². The van der Waals surface area contributed by atoms with E-state index in [2.05, 4.69) is 9.62 Å². The number of hydrogen-bond donors (Lipinski definition) is 1. The number of carbonyl (C=O) groups is 1. The van der Waals surface area contributed by atoms with Gasteiger partial charge in [0, 0.05) is 19.6 Å². The third-order valence-corrected chi connectivity index (χ3v) is 7.20. The average Bonchev–Trinajstić information content (AvgIpc) is 3.10. The normalized spacial score (nSPS) is 18.5. The molecule has 7 heteroatoms. The fraction of sp³-hybridized carbons (Fsp3) is 0.450. The summed E-state index contributed by atoms with van der Waals surface area (Å²) >= 11 is 1.49. The summed E-state index contributed by atoms with van der Waals surface area (Å²) in [5.74, 6) is 0.443. The number of piperidine rings is 1. The summed E-state index contributed by atoms with van der Waals surface area (Å²) in [6.07, 6.45) is 2.10. The van der Waals surface area contributed by atoms with Gasteiger partial charge in [-0.05, 0) is 54.8 Å². The number of benzene rings is 1. The lowest BCUT2D eigenvalue weighted by atomic mass is 9.98. The molecule has 0 saturated carbocycles. The van der Waals surface area contributed by atoms with E-state index in [0.717, 1.165) is 48.5 Å². The molecule has 1 aromatic carbocycles. The maximum absolute atomic E-state index is 12.3. The molecule has 1 aromatic heterocycles. The topological polar surface area (TPSA) is 66.5 Å². The van der Waals surface area contributed by atoms with Crippen molar-refractivity contribution in [1.29, 1.82) is 0 Å². The molecule has 146 valence electrons. The molecule has 1 aliphatic heterocycles. The van der Waals surface area contributed by atoms with E-state index in [1.165, 1.54) is 11.3 Å². The summed E-state index contributed by atoms with van der Waals surface area (Å²) in [4.78, 5) is 14.6. The van der Waals surface area contributed by atoms with Crippen molar-refractivity contribution in [2.45, 2.75) is 32.1 Å². The predicted octanol–water partition coefficient (Wildman–Crippen LogP) is 3.28. The lowest BCUT2D eigenvalue weighted by molar-refractivity contribution is 0.102. The van der Waals surface area contributed by atoms with Gasteiger partial charge in [0.25, 0.3) is 0 Å². The highest BCUT2D eigenvalue weighted by molar-refractivity contribution is 7.88. The van der Waals surface area contributed by atoms with E-state index in [4.69, 9.17) is 0 Å². The molecule has 0 spiro atoms. The Bertz CT molecular complexity index is 862. The van der Waals surface area contributed by atoms with E-state index < -0.39 is 10.0 Å². The van der Waals surface area contributed by atoms with Crippen LogP contribution in [0.15, 0.2) is 41.8 Å². The number of rotatable bonds is 8. The fourth-order valence-corrected chi connectivity index (χ4v) is 5.48. The van der Waals surface area contributed by atoms with Crippen LogP contribution in [0.3, 0.4) is 0 Å². The summed E-state index contributed by atoms with van der Waals surface area (Å²) in [6, 6.07) is 11.2. The number of ketones is 1. The zero-order valence-electron chi connectivity index (χ0n) is 15.6. The SMILES string of the molecule is CC(=O)c1cc(CN2CCC[C@@H](CNS(=O)(=O)Cc3ccccc3)C2)cs1. The third-order valence-electron chi connectivity index (χ3n) is 4.80. The molecular weight excluding hydrogens is 380 g/mol. The summed E-state index contributed by atoms with van der Waals surface area (Å²) < 4.78 is 27.4. The van der Waals surface area contributed by atoms with E-state index in [9.17, 15) is 13.2 Å². The van der Waals surface area contributed by atoms with Crippen molar-refractivity contribution >= 4 is 27.1 Å². The van der Waals surface area contributed by atoms with Crippen LogP contribution in [0, 0.1) is 5.92 Å². The molecule has 27 heavy (non-hydrogen) atoms. The highest BCUT2D eigenvalue weighted by Crippen LogP contribution is 2.21. The number of likely N-dealkylation sites (tertiary alicyclic amines) is 1. The Morgan fingerprint density at radius 2 is 2.04 bits per heavy atom. The molecule has 1 fully saturated rings. The van der Waals surface area contributed by atoms with Crippen LogP contribution >= 0.6 is 11.3 Å². The second-order valence-corrected chi connectivity index (χ2v) is 9.93. The largest absolute Gasteiger partial charge is 0.299 e. The fourth-order valence-electron chi connectivity index (χ4n) is 3.45. The molecule has 0 radical (unpaired) electrons. The van der Waals surface area contributed by atoms with Gasteiger partial charge in [-0.3, -0.25) is 9.69 Å². The molecule has 2 aromatic rings. The molecule has 0 aliphatic carbocycles. The molecular formula is C20H26N2O3S2. The smallest absolute Gasteiger partial charge is 0.215 e. The van der Waals surface area contributed by atoms with Gasteiger partial charge in [0.15, 0.2) is 5.78 Å². The van der Waals surface area contributed by atoms with Crippen LogP contribution in [0.4, 0.5) is 0 Å². The number of carbonyl (C=O) groups excluding carboxylic acids is 1. The molecule has 1 saturated heterocycles. The van der Waals surface area contributed by atoms with Crippen LogP contribution in [-0.2, 0) is 22.3 Å². The number of nitrogens with zero attached hydrogens (tertiary/aromatic N) is 1. The van der Waals surface area contributed by atoms with Gasteiger partial charge in [-0.2, -0.15) is 0 Å². The van der Waals surface area contributed by atoms with Crippen LogP contribution < -0.4 is 4.72 Å². The molecule has 1 atom stereocenters. The Kier molecular flexibility index (Phi) is 6.81. The molecule has 1 N–H and O–H groups in total. The molecule has 0 amide bonds. The second-order valence-electron chi connectivity index (χ2n) is 7.21. The van der Waals surface area contributed by atoms with Crippen molar-refractivity contribution in [2.75, 3.05) is 19.6 Å². The number of sulfonamides is 1. The lowest BCUT2D eigenvalue weighted by Crippen LogP contribution is -2.40. The van der Waals surface area contributed by atoms with Crippen molar-refractivity contribution in [1.82, 2.24) is 9.62 Å². The van der Waals surface area contributed by atoms with Gasteiger partial charge in [-0.25, -0.2) is 13.1 Å². The zero-order valence-corrected chi connectivity index (χ0v) is 17.2. The number of hydrogen-bond acceptors (Lipinski definition) is 5. The predicted molar refractivity (Wildman–Crippen MR) is 109 cm³/mol. The maximum Gasteiger partial charge on any atom is 0.215 e. The number of thiophene rings is 1. The van der Waals surface area contributed by atoms with Crippen LogP contribution in [0.2, 0.25) is 0 Å². The Labute approximate surface area is 165 Å². The van der Waals surface area contributed by atoms with E-state index in [0.29, 0.717) is 12.5 Å². The maximum atomic E-state index is 12.3. The minimum atomic E-state index is -3.32. The highest BCUT2D eigenvalue weighted by atomic mass is 32.2. The Hall–Kier alpha value is -1.54. The van der Waals surface area contributed by atoms with Crippen LogP contribution in [0.25, 0.3) is 0 Å². The molecule has 5 nitrogen and oxygen atoms in total. The van der Waals surface area contributed by atoms with Gasteiger partial charge >= 0.3 is 0 Å². The first-order valence-electron chi connectivity index (χ1n) is 9.23. The van der Waals surface area contributed by atoms with Crippen LogP contribution in [0.1, 0.15) is 40.6 Å². The lowest BCUT2D eigenvalue weighted by Gasteiger charge is -2.32. The Balaban J connectivity index is 1.49. The zero-order chi connectivity index (χ0) is 19.3. The quantitative estimate of drug-likeness (QED) is 0.683. The van der Waals surface area contributed by atoms with Crippen LogP contribution in [-0.4, -0.2) is 38.7 Å². The standard InChI is InChI=1S/C20H26N2O3S2/c1-16(23)20-10-19(14-26-20)13-22-9-5-8-18(12-22)11-21-27(24,25)15-17-6-3-2-4-7-17/h2-4,6-7,10,14,18,21H,5,8-9,11-13,15H2,1H3/t18-/m0/s1. The number of nitrogens with one attached hydrogen (secondary N) is 1. The van der Waals surface area contributed by atoms with Gasteiger partial charge in [-0.15, -0.1) is 11.3 Å². The monoisotopic (exact) mass is 406 g/mol. The Morgan fingerprint density at radius 3 is 2.74 bits per heavy atom. The van der Waals surface area contributed by atoms with Gasteiger partial charge in [0.1, 0.15) is 0 Å². The van der Waals surface area contributed by atoms with Crippen molar-refractivity contribution in [3.05, 3.63) is 57.8 Å². The third kappa shape index (κ3) is 6.24. The molecule has 2 heterocycles. The van der Waals surface area contributed by atoms with E-state index in [1.54, 1.807) is 6.92 Å². The van der Waals surface area contributed by atoms with Crippen molar-refractivity contribution in [2.24, 2.45) is 5.92 Å². The summed E-state index contributed by atoms with van der Waals surface area (Å²) in [5.41, 5.74) is 1.96. The van der Waals surface area contributed by atoms with Gasteiger partial charge < -0.3 is 0 Å². The second kappa shape index (κ2) is 9.10.